The van der Waals surface area contributed by atoms with Gasteiger partial charge in [0.25, 0.3) is 0 Å². The molecule has 0 bridgehead atoms. The first-order valence-electron chi connectivity index (χ1n) is 6.94. The summed E-state index contributed by atoms with van der Waals surface area (Å²) in [5, 5.41) is 13.0. The minimum atomic E-state index is -0.00888. The SMILES string of the molecule is Cc1ccc(NC(CO)Cc2ccccc2)c(CN)c1. The topological polar surface area (TPSA) is 58.3 Å². The predicted octanol–water partition coefficient (Wildman–Crippen LogP) is 2.47. The van der Waals surface area contributed by atoms with Crippen LogP contribution < -0.4 is 11.1 Å². The van der Waals surface area contributed by atoms with Crippen LogP contribution in [-0.2, 0) is 13.0 Å². The van der Waals surface area contributed by atoms with Gasteiger partial charge in [0, 0.05) is 12.2 Å². The fourth-order valence-electron chi connectivity index (χ4n) is 2.31. The quantitative estimate of drug-likeness (QED) is 0.756. The van der Waals surface area contributed by atoms with E-state index in [0.29, 0.717) is 6.54 Å². The van der Waals surface area contributed by atoms with Crippen molar-refractivity contribution >= 4 is 5.69 Å². The maximum atomic E-state index is 9.57. The average Bonchev–Trinajstić information content (AvgIpc) is 2.49. The van der Waals surface area contributed by atoms with Crippen molar-refractivity contribution in [3.63, 3.8) is 0 Å². The normalized spacial score (nSPS) is 12.2. The van der Waals surface area contributed by atoms with Gasteiger partial charge in [0.15, 0.2) is 0 Å². The van der Waals surface area contributed by atoms with Gasteiger partial charge in [-0.05, 0) is 30.5 Å². The van der Waals surface area contributed by atoms with Crippen LogP contribution in [0.2, 0.25) is 0 Å². The summed E-state index contributed by atoms with van der Waals surface area (Å²) in [4.78, 5) is 0. The molecule has 2 aromatic carbocycles. The van der Waals surface area contributed by atoms with Crippen molar-refractivity contribution in [3.8, 4) is 0 Å². The molecule has 2 aromatic rings. The molecule has 0 fully saturated rings. The van der Waals surface area contributed by atoms with Crippen LogP contribution in [0.25, 0.3) is 0 Å². The molecule has 20 heavy (non-hydrogen) atoms. The summed E-state index contributed by atoms with van der Waals surface area (Å²) in [5.41, 5.74) is 10.3. The summed E-state index contributed by atoms with van der Waals surface area (Å²) in [6, 6.07) is 16.3. The Hall–Kier alpha value is -1.84. The summed E-state index contributed by atoms with van der Waals surface area (Å²) >= 11 is 0. The van der Waals surface area contributed by atoms with Crippen LogP contribution in [0, 0.1) is 6.92 Å². The number of hydrogen-bond acceptors (Lipinski definition) is 3. The Balaban J connectivity index is 2.10. The van der Waals surface area contributed by atoms with Crippen LogP contribution in [0.15, 0.2) is 48.5 Å². The fraction of sp³-hybridized carbons (Fsp3) is 0.294. The molecule has 3 nitrogen and oxygen atoms in total. The molecule has 3 heteroatoms. The van der Waals surface area contributed by atoms with Crippen molar-refractivity contribution < 1.29 is 5.11 Å². The van der Waals surface area contributed by atoms with Crippen LogP contribution in [0.5, 0.6) is 0 Å². The van der Waals surface area contributed by atoms with Gasteiger partial charge in [0.05, 0.1) is 12.6 Å². The van der Waals surface area contributed by atoms with Crippen LogP contribution in [-0.4, -0.2) is 17.8 Å². The maximum Gasteiger partial charge on any atom is 0.0636 e. The zero-order valence-electron chi connectivity index (χ0n) is 11.8. The van der Waals surface area contributed by atoms with Gasteiger partial charge in [0.2, 0.25) is 0 Å². The maximum absolute atomic E-state index is 9.57. The van der Waals surface area contributed by atoms with E-state index < -0.39 is 0 Å². The predicted molar refractivity (Wildman–Crippen MR) is 83.7 cm³/mol. The van der Waals surface area contributed by atoms with Gasteiger partial charge in [-0.2, -0.15) is 0 Å². The second kappa shape index (κ2) is 7.08. The standard InChI is InChI=1S/C17H22N2O/c1-13-7-8-17(15(9-13)11-18)19-16(12-20)10-14-5-3-2-4-6-14/h2-9,16,19-20H,10-12,18H2,1H3. The summed E-state index contributed by atoms with van der Waals surface area (Å²) in [6.45, 7) is 2.64. The molecular formula is C17H22N2O. The number of nitrogens with two attached hydrogens (primary N) is 1. The third kappa shape index (κ3) is 3.83. The molecule has 2 rings (SSSR count). The monoisotopic (exact) mass is 270 g/mol. The van der Waals surface area contributed by atoms with Gasteiger partial charge in [-0.25, -0.2) is 0 Å². The lowest BCUT2D eigenvalue weighted by Crippen LogP contribution is -2.27. The van der Waals surface area contributed by atoms with Gasteiger partial charge in [-0.1, -0.05) is 48.0 Å². The van der Waals surface area contributed by atoms with Crippen molar-refractivity contribution in [3.05, 3.63) is 65.2 Å². The Morgan fingerprint density at radius 1 is 1.15 bits per heavy atom. The van der Waals surface area contributed by atoms with E-state index in [-0.39, 0.29) is 12.6 Å². The third-order valence-electron chi connectivity index (χ3n) is 3.39. The molecule has 0 amide bonds. The molecule has 0 aliphatic rings. The average molecular weight is 270 g/mol. The highest BCUT2D eigenvalue weighted by molar-refractivity contribution is 5.53. The smallest absolute Gasteiger partial charge is 0.0636 e. The summed E-state index contributed by atoms with van der Waals surface area (Å²) < 4.78 is 0. The van der Waals surface area contributed by atoms with Crippen molar-refractivity contribution in [2.75, 3.05) is 11.9 Å². The lowest BCUT2D eigenvalue weighted by atomic mass is 10.0. The van der Waals surface area contributed by atoms with Crippen molar-refractivity contribution in [1.82, 2.24) is 0 Å². The number of aliphatic hydroxyl groups excluding tert-OH is 1. The first-order chi connectivity index (χ1) is 9.72. The van der Waals surface area contributed by atoms with E-state index in [4.69, 9.17) is 5.73 Å². The van der Waals surface area contributed by atoms with Crippen LogP contribution in [0.3, 0.4) is 0 Å². The second-order valence-corrected chi connectivity index (χ2v) is 5.08. The second-order valence-electron chi connectivity index (χ2n) is 5.08. The van der Waals surface area contributed by atoms with Gasteiger partial charge >= 0.3 is 0 Å². The van der Waals surface area contributed by atoms with E-state index in [9.17, 15) is 5.11 Å². The molecule has 0 saturated heterocycles. The summed E-state index contributed by atoms with van der Waals surface area (Å²) in [6.07, 6.45) is 0.787. The van der Waals surface area contributed by atoms with Gasteiger partial charge in [-0.3, -0.25) is 0 Å². The Kier molecular flexibility index (Phi) is 5.16. The number of rotatable bonds is 6. The molecule has 0 aliphatic heterocycles. The number of anilines is 1. The van der Waals surface area contributed by atoms with Crippen LogP contribution in [0.1, 0.15) is 16.7 Å². The highest BCUT2D eigenvalue weighted by Gasteiger charge is 2.10. The number of nitrogens with one attached hydrogen (secondary N) is 1. The minimum Gasteiger partial charge on any atom is -0.394 e. The summed E-state index contributed by atoms with van der Waals surface area (Å²) in [5.74, 6) is 0. The van der Waals surface area contributed by atoms with Gasteiger partial charge in [-0.15, -0.1) is 0 Å². The van der Waals surface area contributed by atoms with E-state index in [1.807, 2.05) is 24.3 Å². The molecular weight excluding hydrogens is 248 g/mol. The number of aryl methyl sites for hydroxylation is 1. The van der Waals surface area contributed by atoms with Gasteiger partial charge in [0.1, 0.15) is 0 Å². The van der Waals surface area contributed by atoms with Crippen molar-refractivity contribution in [2.24, 2.45) is 5.73 Å². The molecule has 0 spiro atoms. The fourth-order valence-corrected chi connectivity index (χ4v) is 2.31. The highest BCUT2D eigenvalue weighted by atomic mass is 16.3. The van der Waals surface area contributed by atoms with E-state index in [0.717, 1.165) is 17.7 Å². The first kappa shape index (κ1) is 14.6. The molecule has 106 valence electrons. The largest absolute Gasteiger partial charge is 0.394 e. The Morgan fingerprint density at radius 2 is 1.90 bits per heavy atom. The van der Waals surface area contributed by atoms with E-state index in [2.05, 4.69) is 36.5 Å². The molecule has 0 saturated carbocycles. The lowest BCUT2D eigenvalue weighted by Gasteiger charge is -2.20. The third-order valence-corrected chi connectivity index (χ3v) is 3.39. The molecule has 0 aliphatic carbocycles. The first-order valence-corrected chi connectivity index (χ1v) is 6.94. The Bertz CT molecular complexity index is 540. The van der Waals surface area contributed by atoms with E-state index in [1.165, 1.54) is 11.1 Å². The lowest BCUT2D eigenvalue weighted by molar-refractivity contribution is 0.273. The molecule has 1 atom stereocenters. The molecule has 0 radical (unpaired) electrons. The molecule has 0 aromatic heterocycles. The summed E-state index contributed by atoms with van der Waals surface area (Å²) in [7, 11) is 0. The van der Waals surface area contributed by atoms with Crippen molar-refractivity contribution in [2.45, 2.75) is 25.9 Å². The zero-order valence-corrected chi connectivity index (χ0v) is 11.8. The Labute approximate surface area is 120 Å². The molecule has 0 heterocycles. The van der Waals surface area contributed by atoms with E-state index >= 15 is 0 Å². The molecule has 1 unspecified atom stereocenters. The van der Waals surface area contributed by atoms with E-state index in [1.54, 1.807) is 0 Å². The van der Waals surface area contributed by atoms with Crippen LogP contribution >= 0.6 is 0 Å². The number of benzene rings is 2. The van der Waals surface area contributed by atoms with Crippen LogP contribution in [0.4, 0.5) is 5.69 Å². The minimum absolute atomic E-state index is 0.00888. The zero-order chi connectivity index (χ0) is 14.4. The number of hydrogen-bond donors (Lipinski definition) is 3. The molecule has 4 N–H and O–H groups in total. The highest BCUT2D eigenvalue weighted by Crippen LogP contribution is 2.18. The number of aliphatic hydroxyl groups is 1. The van der Waals surface area contributed by atoms with Crippen molar-refractivity contribution in [1.29, 1.82) is 0 Å². The Morgan fingerprint density at radius 3 is 2.55 bits per heavy atom. The van der Waals surface area contributed by atoms with Gasteiger partial charge < -0.3 is 16.2 Å².